The van der Waals surface area contributed by atoms with Gasteiger partial charge in [0.25, 0.3) is 10.0 Å². The molecule has 8 heteroatoms. The summed E-state index contributed by atoms with van der Waals surface area (Å²) in [6.45, 7) is 5.14. The minimum Gasteiger partial charge on any atom is -0.477 e. The van der Waals surface area contributed by atoms with E-state index in [1.165, 1.54) is 10.7 Å². The summed E-state index contributed by atoms with van der Waals surface area (Å²) in [5, 5.41) is 8.92. The van der Waals surface area contributed by atoms with Gasteiger partial charge in [0.15, 0.2) is 0 Å². The summed E-state index contributed by atoms with van der Waals surface area (Å²) in [7, 11) is -3.81. The van der Waals surface area contributed by atoms with Crippen LogP contribution in [0.15, 0.2) is 23.1 Å². The standard InChI is InChI=1S/C12H14N2O4S2/c1-7-4-5-8(2)14(7)13-20(17,18)11-6-10(12(15)16)19-9(11)3/h4-6,13H,1-3H3,(H,15,16). The van der Waals surface area contributed by atoms with Crippen molar-refractivity contribution in [3.05, 3.63) is 39.3 Å². The number of hydrogen-bond acceptors (Lipinski definition) is 4. The summed E-state index contributed by atoms with van der Waals surface area (Å²) >= 11 is 0.942. The topological polar surface area (TPSA) is 88.4 Å². The number of hydrogen-bond donors (Lipinski definition) is 2. The van der Waals surface area contributed by atoms with Crippen LogP contribution in [-0.4, -0.2) is 24.2 Å². The highest BCUT2D eigenvalue weighted by Gasteiger charge is 2.23. The fourth-order valence-corrected chi connectivity index (χ4v) is 4.38. The van der Waals surface area contributed by atoms with Gasteiger partial charge in [-0.3, -0.25) is 4.68 Å². The molecule has 108 valence electrons. The first-order valence-electron chi connectivity index (χ1n) is 5.74. The number of nitrogens with one attached hydrogen (secondary N) is 1. The van der Waals surface area contributed by atoms with E-state index in [4.69, 9.17) is 5.11 Å². The molecule has 0 fully saturated rings. The highest BCUT2D eigenvalue weighted by atomic mass is 32.2. The van der Waals surface area contributed by atoms with Crippen LogP contribution >= 0.6 is 11.3 Å². The molecule has 0 aliphatic rings. The molecule has 0 saturated carbocycles. The molecular weight excluding hydrogens is 300 g/mol. The number of rotatable bonds is 4. The molecule has 2 N–H and O–H groups in total. The third kappa shape index (κ3) is 2.56. The zero-order chi connectivity index (χ0) is 15.1. The Bertz CT molecular complexity index is 752. The van der Waals surface area contributed by atoms with Crippen LogP contribution in [-0.2, 0) is 10.0 Å². The molecule has 0 aliphatic heterocycles. The molecule has 0 aromatic carbocycles. The van der Waals surface area contributed by atoms with Crippen molar-refractivity contribution in [3.63, 3.8) is 0 Å². The molecule has 0 unspecified atom stereocenters. The Morgan fingerprint density at radius 3 is 2.25 bits per heavy atom. The highest BCUT2D eigenvalue weighted by molar-refractivity contribution is 7.92. The van der Waals surface area contributed by atoms with Gasteiger partial charge in [-0.15, -0.1) is 11.3 Å². The Labute approximate surface area is 120 Å². The molecule has 2 aromatic rings. The fourth-order valence-electron chi connectivity index (χ4n) is 1.82. The van der Waals surface area contributed by atoms with Crippen LogP contribution in [0.4, 0.5) is 0 Å². The molecule has 2 aromatic heterocycles. The van der Waals surface area contributed by atoms with Crippen molar-refractivity contribution in [2.24, 2.45) is 0 Å². The Balaban J connectivity index is 2.43. The predicted molar refractivity (Wildman–Crippen MR) is 76.5 cm³/mol. The van der Waals surface area contributed by atoms with Gasteiger partial charge in [-0.05, 0) is 39.0 Å². The quantitative estimate of drug-likeness (QED) is 0.904. The third-order valence-corrected chi connectivity index (χ3v) is 5.45. The van der Waals surface area contributed by atoms with E-state index in [-0.39, 0.29) is 9.77 Å². The van der Waals surface area contributed by atoms with Crippen molar-refractivity contribution in [2.45, 2.75) is 25.7 Å². The van der Waals surface area contributed by atoms with E-state index in [9.17, 15) is 13.2 Å². The van der Waals surface area contributed by atoms with Gasteiger partial charge in [0.1, 0.15) is 9.77 Å². The molecule has 0 bridgehead atoms. The van der Waals surface area contributed by atoms with Crippen molar-refractivity contribution in [1.82, 2.24) is 4.68 Å². The molecule has 0 atom stereocenters. The first-order chi connectivity index (χ1) is 9.22. The largest absolute Gasteiger partial charge is 0.477 e. The minimum absolute atomic E-state index is 0.00354. The Morgan fingerprint density at radius 2 is 1.80 bits per heavy atom. The second-order valence-corrected chi connectivity index (χ2v) is 7.27. The summed E-state index contributed by atoms with van der Waals surface area (Å²) in [5.74, 6) is -1.13. The van der Waals surface area contributed by atoms with Crippen LogP contribution in [0.2, 0.25) is 0 Å². The van der Waals surface area contributed by atoms with Crippen molar-refractivity contribution in [3.8, 4) is 0 Å². The van der Waals surface area contributed by atoms with Crippen LogP contribution in [0.3, 0.4) is 0 Å². The van der Waals surface area contributed by atoms with Crippen LogP contribution in [0.5, 0.6) is 0 Å². The van der Waals surface area contributed by atoms with E-state index in [1.54, 1.807) is 32.9 Å². The van der Waals surface area contributed by atoms with E-state index < -0.39 is 16.0 Å². The first-order valence-corrected chi connectivity index (χ1v) is 8.04. The SMILES string of the molecule is Cc1sc(C(=O)O)cc1S(=O)(=O)Nn1c(C)ccc1C. The number of aromatic carboxylic acids is 1. The van der Waals surface area contributed by atoms with Crippen LogP contribution in [0, 0.1) is 20.8 Å². The lowest BCUT2D eigenvalue weighted by atomic mass is 10.4. The van der Waals surface area contributed by atoms with Gasteiger partial charge >= 0.3 is 5.97 Å². The highest BCUT2D eigenvalue weighted by Crippen LogP contribution is 2.26. The van der Waals surface area contributed by atoms with Gasteiger partial charge < -0.3 is 5.11 Å². The van der Waals surface area contributed by atoms with Crippen LogP contribution in [0.1, 0.15) is 25.9 Å². The van der Waals surface area contributed by atoms with E-state index in [0.29, 0.717) is 4.88 Å². The summed E-state index contributed by atoms with van der Waals surface area (Å²) < 4.78 is 26.1. The zero-order valence-corrected chi connectivity index (χ0v) is 12.8. The molecule has 0 aliphatic carbocycles. The van der Waals surface area contributed by atoms with Gasteiger partial charge in [0, 0.05) is 16.3 Å². The average molecular weight is 314 g/mol. The van der Waals surface area contributed by atoms with Crippen LogP contribution < -0.4 is 4.83 Å². The molecule has 20 heavy (non-hydrogen) atoms. The summed E-state index contributed by atoms with van der Waals surface area (Å²) in [4.78, 5) is 13.8. The number of thiophene rings is 1. The smallest absolute Gasteiger partial charge is 0.345 e. The lowest BCUT2D eigenvalue weighted by Gasteiger charge is -2.12. The second kappa shape index (κ2) is 4.95. The second-order valence-electron chi connectivity index (χ2n) is 4.38. The van der Waals surface area contributed by atoms with E-state index in [2.05, 4.69) is 4.83 Å². The number of aromatic nitrogens is 1. The van der Waals surface area contributed by atoms with Gasteiger partial charge in [-0.1, -0.05) is 0 Å². The van der Waals surface area contributed by atoms with Gasteiger partial charge in [0.05, 0.1) is 0 Å². The Hall–Kier alpha value is -1.80. The molecule has 0 spiro atoms. The van der Waals surface area contributed by atoms with E-state index in [1.807, 2.05) is 0 Å². The number of sulfonamides is 1. The van der Waals surface area contributed by atoms with Crippen molar-refractivity contribution in [1.29, 1.82) is 0 Å². The number of carboxylic acid groups (broad SMARTS) is 1. The molecule has 2 rings (SSSR count). The van der Waals surface area contributed by atoms with Crippen molar-refractivity contribution >= 4 is 27.3 Å². The maximum atomic E-state index is 12.3. The molecule has 0 radical (unpaired) electrons. The molecule has 0 saturated heterocycles. The van der Waals surface area contributed by atoms with Crippen molar-refractivity contribution < 1.29 is 18.3 Å². The molecule has 2 heterocycles. The molecular formula is C12H14N2O4S2. The predicted octanol–water partition coefficient (Wildman–Crippen LogP) is 2.11. The number of carboxylic acids is 1. The number of carbonyl (C=O) groups is 1. The van der Waals surface area contributed by atoms with E-state index >= 15 is 0 Å². The molecule has 6 nitrogen and oxygen atoms in total. The Kier molecular flexibility index (Phi) is 3.61. The monoisotopic (exact) mass is 314 g/mol. The van der Waals surface area contributed by atoms with Gasteiger partial charge in [-0.2, -0.15) is 8.42 Å². The van der Waals surface area contributed by atoms with E-state index in [0.717, 1.165) is 22.7 Å². The molecule has 0 amide bonds. The summed E-state index contributed by atoms with van der Waals surface area (Å²) in [6.07, 6.45) is 0. The third-order valence-electron chi connectivity index (χ3n) is 2.86. The first kappa shape index (κ1) is 14.6. The summed E-state index contributed by atoms with van der Waals surface area (Å²) in [5.41, 5.74) is 1.50. The fraction of sp³-hybridized carbons (Fsp3) is 0.250. The zero-order valence-electron chi connectivity index (χ0n) is 11.2. The lowest BCUT2D eigenvalue weighted by molar-refractivity contribution is 0.0702. The van der Waals surface area contributed by atoms with Gasteiger partial charge in [-0.25, -0.2) is 9.63 Å². The van der Waals surface area contributed by atoms with Crippen molar-refractivity contribution in [2.75, 3.05) is 4.83 Å². The summed E-state index contributed by atoms with van der Waals surface area (Å²) in [6, 6.07) is 4.76. The Morgan fingerprint density at radius 1 is 1.25 bits per heavy atom. The maximum Gasteiger partial charge on any atom is 0.345 e. The normalized spacial score (nSPS) is 11.6. The van der Waals surface area contributed by atoms with Gasteiger partial charge in [0.2, 0.25) is 0 Å². The average Bonchev–Trinajstić information content (AvgIpc) is 2.87. The number of nitrogens with zero attached hydrogens (tertiary/aromatic N) is 1. The lowest BCUT2D eigenvalue weighted by Crippen LogP contribution is -2.25. The minimum atomic E-state index is -3.81. The maximum absolute atomic E-state index is 12.3. The number of aryl methyl sites for hydroxylation is 3. The van der Waals surface area contributed by atoms with Crippen LogP contribution in [0.25, 0.3) is 0 Å².